The fourth-order valence-electron chi connectivity index (χ4n) is 1.28. The molecule has 1 aliphatic rings. The lowest BCUT2D eigenvalue weighted by molar-refractivity contribution is 0.332. The van der Waals surface area contributed by atoms with Gasteiger partial charge in [0.1, 0.15) is 0 Å². The molecule has 1 rings (SSSR count). The molecule has 0 aromatic heterocycles. The Bertz CT molecular complexity index is 156. The summed E-state index contributed by atoms with van der Waals surface area (Å²) in [5, 5.41) is 0. The molecule has 1 fully saturated rings. The quantitative estimate of drug-likeness (QED) is 0.506. The fourth-order valence-corrected chi connectivity index (χ4v) is 1.28. The van der Waals surface area contributed by atoms with Crippen LogP contribution < -0.4 is 0 Å². The second kappa shape index (κ2) is 3.45. The van der Waals surface area contributed by atoms with Crippen LogP contribution in [-0.2, 0) is 4.74 Å². The van der Waals surface area contributed by atoms with Crippen molar-refractivity contribution in [1.29, 1.82) is 0 Å². The molecule has 0 amide bonds. The minimum Gasteiger partial charge on any atom is -0.504 e. The number of rotatable bonds is 1. The molecule has 1 aliphatic carbocycles. The Labute approximate surface area is 62.4 Å². The van der Waals surface area contributed by atoms with Crippen molar-refractivity contribution in [2.75, 3.05) is 7.11 Å². The second-order valence-corrected chi connectivity index (χ2v) is 2.69. The molecule has 0 N–H and O–H groups in total. The van der Waals surface area contributed by atoms with E-state index in [1.165, 1.54) is 24.0 Å². The van der Waals surface area contributed by atoms with Gasteiger partial charge in [-0.1, -0.05) is 6.58 Å². The lowest BCUT2D eigenvalue weighted by Gasteiger charge is -2.15. The van der Waals surface area contributed by atoms with E-state index in [9.17, 15) is 0 Å². The van der Waals surface area contributed by atoms with Gasteiger partial charge in [0.2, 0.25) is 0 Å². The van der Waals surface area contributed by atoms with E-state index in [-0.39, 0.29) is 0 Å². The van der Waals surface area contributed by atoms with E-state index in [4.69, 9.17) is 4.74 Å². The molecule has 0 saturated heterocycles. The molecule has 0 unspecified atom stereocenters. The Morgan fingerprint density at radius 1 is 1.40 bits per heavy atom. The number of hydrogen-bond acceptors (Lipinski definition) is 1. The van der Waals surface area contributed by atoms with Gasteiger partial charge in [-0.2, -0.15) is 0 Å². The summed E-state index contributed by atoms with van der Waals surface area (Å²) in [7, 11) is 1.69. The normalized spacial score (nSPS) is 23.3. The van der Waals surface area contributed by atoms with Crippen molar-refractivity contribution in [2.24, 2.45) is 0 Å². The summed E-state index contributed by atoms with van der Waals surface area (Å²) in [5.74, 6) is 0. The fraction of sp³-hybridized carbons (Fsp3) is 0.556. The van der Waals surface area contributed by atoms with Crippen LogP contribution in [0.5, 0.6) is 0 Å². The standard InChI is InChI=1S/C9H14O/c1-8-5-3-4-6-9(8)7-10-2/h7H,1,3-6H2,2H3/b9-7-. The zero-order chi connectivity index (χ0) is 7.40. The Morgan fingerprint density at radius 2 is 2.10 bits per heavy atom. The molecular weight excluding hydrogens is 124 g/mol. The third-order valence-corrected chi connectivity index (χ3v) is 1.89. The molecule has 0 heterocycles. The summed E-state index contributed by atoms with van der Waals surface area (Å²) >= 11 is 0. The summed E-state index contributed by atoms with van der Waals surface area (Å²) in [6, 6.07) is 0. The van der Waals surface area contributed by atoms with Crippen molar-refractivity contribution >= 4 is 0 Å². The maximum atomic E-state index is 4.93. The van der Waals surface area contributed by atoms with Gasteiger partial charge in [-0.15, -0.1) is 0 Å². The lowest BCUT2D eigenvalue weighted by atomic mass is 9.92. The number of hydrogen-bond donors (Lipinski definition) is 0. The highest BCUT2D eigenvalue weighted by Gasteiger charge is 2.08. The highest BCUT2D eigenvalue weighted by atomic mass is 16.5. The molecule has 0 aliphatic heterocycles. The van der Waals surface area contributed by atoms with Gasteiger partial charge in [0.25, 0.3) is 0 Å². The SMILES string of the molecule is C=C1CCCC/C1=C/OC. The summed E-state index contributed by atoms with van der Waals surface area (Å²) in [6.45, 7) is 3.97. The predicted octanol–water partition coefficient (Wildman–Crippen LogP) is 2.65. The van der Waals surface area contributed by atoms with Gasteiger partial charge in [-0.25, -0.2) is 0 Å². The largest absolute Gasteiger partial charge is 0.504 e. The van der Waals surface area contributed by atoms with Crippen LogP contribution in [0, 0.1) is 0 Å². The first kappa shape index (κ1) is 7.39. The third kappa shape index (κ3) is 1.63. The molecule has 56 valence electrons. The Kier molecular flexibility index (Phi) is 2.55. The smallest absolute Gasteiger partial charge is 0.0859 e. The van der Waals surface area contributed by atoms with Gasteiger partial charge in [-0.05, 0) is 36.8 Å². The average Bonchev–Trinajstić information content (AvgIpc) is 1.94. The Hall–Kier alpha value is -0.720. The number of methoxy groups -OCH3 is 1. The van der Waals surface area contributed by atoms with E-state index in [1.807, 2.05) is 6.26 Å². The summed E-state index contributed by atoms with van der Waals surface area (Å²) < 4.78 is 4.93. The summed E-state index contributed by atoms with van der Waals surface area (Å²) in [6.07, 6.45) is 6.69. The summed E-state index contributed by atoms with van der Waals surface area (Å²) in [4.78, 5) is 0. The van der Waals surface area contributed by atoms with Crippen LogP contribution in [0.4, 0.5) is 0 Å². The van der Waals surface area contributed by atoms with Gasteiger partial charge < -0.3 is 4.74 Å². The first-order valence-electron chi connectivity index (χ1n) is 3.74. The first-order chi connectivity index (χ1) is 4.84. The van der Waals surface area contributed by atoms with Crippen molar-refractivity contribution in [3.05, 3.63) is 24.0 Å². The molecule has 0 aromatic rings. The number of allylic oxidation sites excluding steroid dienone is 2. The van der Waals surface area contributed by atoms with E-state index in [1.54, 1.807) is 7.11 Å². The molecule has 1 heteroatoms. The van der Waals surface area contributed by atoms with Crippen molar-refractivity contribution in [3.63, 3.8) is 0 Å². The highest BCUT2D eigenvalue weighted by molar-refractivity contribution is 5.28. The molecule has 10 heavy (non-hydrogen) atoms. The van der Waals surface area contributed by atoms with Gasteiger partial charge in [0.15, 0.2) is 0 Å². The van der Waals surface area contributed by atoms with Crippen LogP contribution in [0.3, 0.4) is 0 Å². The second-order valence-electron chi connectivity index (χ2n) is 2.69. The molecule has 1 nitrogen and oxygen atoms in total. The van der Waals surface area contributed by atoms with Crippen molar-refractivity contribution in [3.8, 4) is 0 Å². The van der Waals surface area contributed by atoms with Crippen LogP contribution in [0.2, 0.25) is 0 Å². The Balaban J connectivity index is 2.56. The van der Waals surface area contributed by atoms with Crippen LogP contribution >= 0.6 is 0 Å². The molecular formula is C9H14O. The van der Waals surface area contributed by atoms with Crippen LogP contribution in [0.1, 0.15) is 25.7 Å². The average molecular weight is 138 g/mol. The Morgan fingerprint density at radius 3 is 2.70 bits per heavy atom. The lowest BCUT2D eigenvalue weighted by Crippen LogP contribution is -1.97. The van der Waals surface area contributed by atoms with Crippen molar-refractivity contribution < 1.29 is 4.74 Å². The molecule has 0 radical (unpaired) electrons. The first-order valence-corrected chi connectivity index (χ1v) is 3.74. The molecule has 0 spiro atoms. The molecule has 0 bridgehead atoms. The van der Waals surface area contributed by atoms with Gasteiger partial charge in [0.05, 0.1) is 13.4 Å². The van der Waals surface area contributed by atoms with Crippen LogP contribution in [-0.4, -0.2) is 7.11 Å². The van der Waals surface area contributed by atoms with Crippen molar-refractivity contribution in [1.82, 2.24) is 0 Å². The zero-order valence-electron chi connectivity index (χ0n) is 6.52. The zero-order valence-corrected chi connectivity index (χ0v) is 6.52. The minimum atomic E-state index is 1.15. The molecule has 1 saturated carbocycles. The van der Waals surface area contributed by atoms with E-state index in [0.717, 1.165) is 12.8 Å². The van der Waals surface area contributed by atoms with Gasteiger partial charge in [0, 0.05) is 0 Å². The maximum Gasteiger partial charge on any atom is 0.0859 e. The topological polar surface area (TPSA) is 9.23 Å². The monoisotopic (exact) mass is 138 g/mol. The van der Waals surface area contributed by atoms with Crippen molar-refractivity contribution in [2.45, 2.75) is 25.7 Å². The van der Waals surface area contributed by atoms with E-state index in [2.05, 4.69) is 6.58 Å². The van der Waals surface area contributed by atoms with Crippen LogP contribution in [0.15, 0.2) is 24.0 Å². The van der Waals surface area contributed by atoms with E-state index in [0.29, 0.717) is 0 Å². The maximum absolute atomic E-state index is 4.93. The number of ether oxygens (including phenoxy) is 1. The molecule has 0 atom stereocenters. The highest BCUT2D eigenvalue weighted by Crippen LogP contribution is 2.26. The van der Waals surface area contributed by atoms with Gasteiger partial charge in [-0.3, -0.25) is 0 Å². The van der Waals surface area contributed by atoms with Crippen LogP contribution in [0.25, 0.3) is 0 Å². The minimum absolute atomic E-state index is 1.15. The summed E-state index contributed by atoms with van der Waals surface area (Å²) in [5.41, 5.74) is 2.56. The third-order valence-electron chi connectivity index (χ3n) is 1.89. The molecule has 0 aromatic carbocycles. The predicted molar refractivity (Wildman–Crippen MR) is 42.7 cm³/mol. The van der Waals surface area contributed by atoms with Gasteiger partial charge >= 0.3 is 0 Å². The van der Waals surface area contributed by atoms with E-state index < -0.39 is 0 Å². The van der Waals surface area contributed by atoms with E-state index >= 15 is 0 Å².